The largest absolute Gasteiger partial charge is 0.416 e. The fourth-order valence-electron chi connectivity index (χ4n) is 3.16. The first-order valence-electron chi connectivity index (χ1n) is 9.09. The quantitative estimate of drug-likeness (QED) is 0.250. The highest BCUT2D eigenvalue weighted by Gasteiger charge is 2.30. The number of nitrogens with one attached hydrogen (secondary N) is 2. The zero-order valence-corrected chi connectivity index (χ0v) is 15.9. The number of rotatable bonds is 7. The lowest BCUT2D eigenvalue weighted by molar-refractivity contribution is -0.137. The molecule has 156 valence electrons. The van der Waals surface area contributed by atoms with Crippen molar-refractivity contribution in [1.29, 1.82) is 0 Å². The van der Waals surface area contributed by atoms with Crippen molar-refractivity contribution in [2.75, 3.05) is 6.54 Å². The maximum atomic E-state index is 12.9. The Labute approximate surface area is 168 Å². The number of aromatic nitrogens is 4. The molecule has 2 aromatic heterocycles. The molecule has 2 N–H and O–H groups in total. The number of azide groups is 1. The minimum Gasteiger partial charge on any atom is -0.340 e. The molecule has 0 aliphatic rings. The van der Waals surface area contributed by atoms with Crippen molar-refractivity contribution >= 4 is 0 Å². The van der Waals surface area contributed by atoms with Crippen LogP contribution in [0, 0.1) is 6.92 Å². The van der Waals surface area contributed by atoms with Gasteiger partial charge in [-0.1, -0.05) is 17.2 Å². The molecule has 0 aliphatic heterocycles. The van der Waals surface area contributed by atoms with Gasteiger partial charge in [-0.25, -0.2) is 9.97 Å². The molecule has 3 aromatic rings. The Morgan fingerprint density at radius 3 is 2.60 bits per heavy atom. The molecule has 2 heterocycles. The molecule has 3 rings (SSSR count). The van der Waals surface area contributed by atoms with Gasteiger partial charge in [-0.2, -0.15) is 13.2 Å². The normalized spacial score (nSPS) is 12.4. The topological polar surface area (TPSA) is 123 Å². The first-order chi connectivity index (χ1) is 14.3. The molecule has 1 unspecified atom stereocenters. The van der Waals surface area contributed by atoms with Crippen LogP contribution >= 0.6 is 0 Å². The van der Waals surface area contributed by atoms with E-state index in [0.29, 0.717) is 41.4 Å². The number of hydrogen-bond donors (Lipinski definition) is 2. The average Bonchev–Trinajstić information content (AvgIpc) is 3.17. The Morgan fingerprint density at radius 1 is 1.23 bits per heavy atom. The van der Waals surface area contributed by atoms with Crippen molar-refractivity contribution in [3.8, 4) is 11.5 Å². The minimum absolute atomic E-state index is 0.267. The van der Waals surface area contributed by atoms with E-state index in [1.54, 1.807) is 13.1 Å². The molecular weight excluding hydrogens is 399 g/mol. The van der Waals surface area contributed by atoms with E-state index in [1.165, 1.54) is 18.2 Å². The molecule has 0 radical (unpaired) electrons. The molecule has 0 spiro atoms. The van der Waals surface area contributed by atoms with Crippen molar-refractivity contribution in [3.05, 3.63) is 80.0 Å². The first kappa shape index (κ1) is 21.1. The molecule has 1 atom stereocenters. The smallest absolute Gasteiger partial charge is 0.340 e. The summed E-state index contributed by atoms with van der Waals surface area (Å²) < 4.78 is 38.7. The summed E-state index contributed by atoms with van der Waals surface area (Å²) in [5.41, 5.74) is 9.09. The molecule has 1 aromatic carbocycles. The fourth-order valence-corrected chi connectivity index (χ4v) is 3.16. The van der Waals surface area contributed by atoms with E-state index < -0.39 is 11.7 Å². The number of nitrogens with zero attached hydrogens (tertiary/aromatic N) is 5. The van der Waals surface area contributed by atoms with Gasteiger partial charge in [-0.15, -0.1) is 0 Å². The number of imidazole rings is 1. The van der Waals surface area contributed by atoms with E-state index in [4.69, 9.17) is 5.53 Å². The van der Waals surface area contributed by atoms with Crippen molar-refractivity contribution in [2.45, 2.75) is 31.9 Å². The van der Waals surface area contributed by atoms with E-state index in [1.807, 2.05) is 0 Å². The van der Waals surface area contributed by atoms with Crippen molar-refractivity contribution in [2.24, 2.45) is 5.11 Å². The fraction of sp³-hybridized carbons (Fsp3) is 0.316. The van der Waals surface area contributed by atoms with Gasteiger partial charge in [0, 0.05) is 35.3 Å². The predicted molar refractivity (Wildman–Crippen MR) is 104 cm³/mol. The van der Waals surface area contributed by atoms with Crippen molar-refractivity contribution in [3.63, 3.8) is 0 Å². The minimum atomic E-state index is -4.42. The number of halogens is 3. The lowest BCUT2D eigenvalue weighted by Crippen LogP contribution is -2.09. The number of H-pyrrole nitrogens is 2. The zero-order valence-electron chi connectivity index (χ0n) is 15.9. The maximum Gasteiger partial charge on any atom is 0.416 e. The summed E-state index contributed by atoms with van der Waals surface area (Å²) in [7, 11) is 0. The lowest BCUT2D eigenvalue weighted by Gasteiger charge is -2.16. The van der Waals surface area contributed by atoms with Crippen molar-refractivity contribution < 1.29 is 13.2 Å². The standard InChI is InChI=1S/C19H18F3N7O/c1-11-26-15(9-17(30)27-11)18-24-10-16(28-18)14(3-2-8-25-29-23)12-4-6-13(7-5-12)19(20,21)22/h4-7,9-10,14H,2-3,8H2,1H3,(H,24,28)(H,26,27,30). The highest BCUT2D eigenvalue weighted by molar-refractivity contribution is 5.49. The summed E-state index contributed by atoms with van der Waals surface area (Å²) in [6.45, 7) is 1.92. The van der Waals surface area contributed by atoms with Crippen LogP contribution in [-0.2, 0) is 6.18 Å². The molecular formula is C19H18F3N7O. The van der Waals surface area contributed by atoms with E-state index in [9.17, 15) is 18.0 Å². The maximum absolute atomic E-state index is 12.9. The van der Waals surface area contributed by atoms with Crippen molar-refractivity contribution in [1.82, 2.24) is 19.9 Å². The molecule has 30 heavy (non-hydrogen) atoms. The van der Waals surface area contributed by atoms with Gasteiger partial charge in [-0.05, 0) is 43.0 Å². The van der Waals surface area contributed by atoms with Crippen LogP contribution in [0.4, 0.5) is 13.2 Å². The SMILES string of the molecule is Cc1nc(-c2ncc(C(CCCN=[N+]=[N-])c3ccc(C(F)(F)F)cc3)[nH]2)cc(=O)[nH]1. The third kappa shape index (κ3) is 5.06. The van der Waals surface area contributed by atoms with E-state index >= 15 is 0 Å². The molecule has 0 fully saturated rings. The van der Waals surface area contributed by atoms with Crippen LogP contribution in [0.25, 0.3) is 22.0 Å². The van der Waals surface area contributed by atoms with Gasteiger partial charge >= 0.3 is 6.18 Å². The first-order valence-corrected chi connectivity index (χ1v) is 9.09. The number of hydrogen-bond acceptors (Lipinski definition) is 4. The molecule has 0 saturated carbocycles. The van der Waals surface area contributed by atoms with Crippen LogP contribution in [0.2, 0.25) is 0 Å². The van der Waals surface area contributed by atoms with Gasteiger partial charge < -0.3 is 9.97 Å². The van der Waals surface area contributed by atoms with Gasteiger partial charge in [0.25, 0.3) is 5.56 Å². The summed E-state index contributed by atoms with van der Waals surface area (Å²) >= 11 is 0. The van der Waals surface area contributed by atoms with E-state index in [2.05, 4.69) is 30.0 Å². The molecule has 8 nitrogen and oxygen atoms in total. The van der Waals surface area contributed by atoms with Gasteiger partial charge in [0.1, 0.15) is 11.5 Å². The molecule has 0 saturated heterocycles. The summed E-state index contributed by atoms with van der Waals surface area (Å²) in [6.07, 6.45) is -1.79. The van der Waals surface area contributed by atoms with E-state index in [0.717, 1.165) is 12.1 Å². The Morgan fingerprint density at radius 2 is 1.97 bits per heavy atom. The Kier molecular flexibility index (Phi) is 6.22. The summed E-state index contributed by atoms with van der Waals surface area (Å²) in [4.78, 5) is 28.6. The third-order valence-corrected chi connectivity index (χ3v) is 4.53. The van der Waals surface area contributed by atoms with Gasteiger partial charge in [0.2, 0.25) is 0 Å². The number of benzene rings is 1. The monoisotopic (exact) mass is 417 g/mol. The number of aryl methyl sites for hydroxylation is 1. The predicted octanol–water partition coefficient (Wildman–Crippen LogP) is 4.71. The second-order valence-corrected chi connectivity index (χ2v) is 6.67. The van der Waals surface area contributed by atoms with Crippen LogP contribution in [0.5, 0.6) is 0 Å². The summed E-state index contributed by atoms with van der Waals surface area (Å²) in [6, 6.07) is 6.24. The lowest BCUT2D eigenvalue weighted by atomic mass is 9.91. The van der Waals surface area contributed by atoms with Gasteiger partial charge in [-0.3, -0.25) is 4.79 Å². The van der Waals surface area contributed by atoms with Gasteiger partial charge in [0.15, 0.2) is 5.82 Å². The Bertz CT molecular complexity index is 1110. The van der Waals surface area contributed by atoms with E-state index in [-0.39, 0.29) is 18.0 Å². The molecule has 0 amide bonds. The second-order valence-electron chi connectivity index (χ2n) is 6.67. The summed E-state index contributed by atoms with van der Waals surface area (Å²) in [5, 5.41) is 3.51. The number of aromatic amines is 2. The molecule has 0 aliphatic carbocycles. The summed E-state index contributed by atoms with van der Waals surface area (Å²) in [5.74, 6) is 0.515. The number of alkyl halides is 3. The average molecular weight is 417 g/mol. The van der Waals surface area contributed by atoms with Crippen LogP contribution in [0.15, 0.2) is 46.4 Å². The highest BCUT2D eigenvalue weighted by atomic mass is 19.4. The zero-order chi connectivity index (χ0) is 21.7. The molecule has 0 bridgehead atoms. The second kappa shape index (κ2) is 8.83. The third-order valence-electron chi connectivity index (χ3n) is 4.53. The van der Waals surface area contributed by atoms with Crippen LogP contribution < -0.4 is 5.56 Å². The van der Waals surface area contributed by atoms with Crippen LogP contribution in [0.1, 0.15) is 41.4 Å². The molecule has 11 heteroatoms. The highest BCUT2D eigenvalue weighted by Crippen LogP contribution is 2.33. The van der Waals surface area contributed by atoms with Gasteiger partial charge in [0.05, 0.1) is 5.56 Å². The Hall–Kier alpha value is -3.59. The Balaban J connectivity index is 1.93. The van der Waals surface area contributed by atoms with Crippen LogP contribution in [0.3, 0.4) is 0 Å². The van der Waals surface area contributed by atoms with Crippen LogP contribution in [-0.4, -0.2) is 26.5 Å².